The van der Waals surface area contributed by atoms with Crippen LogP contribution in [0.5, 0.6) is 0 Å². The number of amides is 2. The van der Waals surface area contributed by atoms with Gasteiger partial charge in [0.05, 0.1) is 29.0 Å². The molecule has 0 saturated carbocycles. The van der Waals surface area contributed by atoms with E-state index in [2.05, 4.69) is 25.6 Å². The van der Waals surface area contributed by atoms with Crippen LogP contribution in [0.25, 0.3) is 10.2 Å². The first-order chi connectivity index (χ1) is 18.8. The first kappa shape index (κ1) is 26.4. The zero-order valence-electron chi connectivity index (χ0n) is 21.5. The van der Waals surface area contributed by atoms with E-state index in [-0.39, 0.29) is 48.5 Å². The summed E-state index contributed by atoms with van der Waals surface area (Å²) in [4.78, 5) is 53.7. The molecule has 1 aromatic carbocycles. The number of halogens is 1. The summed E-state index contributed by atoms with van der Waals surface area (Å²) in [7, 11) is 0. The van der Waals surface area contributed by atoms with Crippen molar-refractivity contribution in [1.82, 2.24) is 25.2 Å². The minimum absolute atomic E-state index is 0.0237. The van der Waals surface area contributed by atoms with E-state index < -0.39 is 5.82 Å². The number of carbonyl (C=O) groups excluding carboxylic acids is 3. The Morgan fingerprint density at radius 1 is 1.13 bits per heavy atom. The number of hydrogen-bond acceptors (Lipinski definition) is 8. The Labute approximate surface area is 228 Å². The maximum Gasteiger partial charge on any atom is 0.274 e. The number of hydrogen-bond donors (Lipinski definition) is 2. The van der Waals surface area contributed by atoms with Crippen molar-refractivity contribution >= 4 is 45.1 Å². The predicted molar refractivity (Wildman–Crippen MR) is 146 cm³/mol. The fraction of sp³-hybridized carbons (Fsp3) is 0.286. The molecule has 0 spiro atoms. The summed E-state index contributed by atoms with van der Waals surface area (Å²) in [5, 5.41) is 5.81. The molecule has 200 valence electrons. The second kappa shape index (κ2) is 11.2. The molecule has 1 aliphatic heterocycles. The van der Waals surface area contributed by atoms with Crippen molar-refractivity contribution in [2.75, 3.05) is 25.0 Å². The van der Waals surface area contributed by atoms with E-state index in [0.29, 0.717) is 40.1 Å². The molecule has 1 fully saturated rings. The molecule has 0 radical (unpaired) electrons. The van der Waals surface area contributed by atoms with Crippen LogP contribution in [0.3, 0.4) is 0 Å². The van der Waals surface area contributed by atoms with E-state index in [1.165, 1.54) is 17.4 Å². The van der Waals surface area contributed by atoms with Gasteiger partial charge in [0.2, 0.25) is 5.95 Å². The largest absolute Gasteiger partial charge is 0.348 e. The number of Topliss-reactive ketones (excluding diaryl/α,β-unsaturated/α-hetero) is 1. The first-order valence-corrected chi connectivity index (χ1v) is 13.4. The summed E-state index contributed by atoms with van der Waals surface area (Å²) in [6, 6.07) is 11.7. The summed E-state index contributed by atoms with van der Waals surface area (Å²) >= 11 is 1.45. The molecule has 3 aromatic heterocycles. The number of benzene rings is 1. The molecular formula is C28H27FN6O3S. The van der Waals surface area contributed by atoms with Gasteiger partial charge in [0, 0.05) is 42.1 Å². The monoisotopic (exact) mass is 546 g/mol. The first-order valence-electron chi connectivity index (χ1n) is 12.6. The molecule has 5 rings (SSSR count). The number of nitrogens with zero attached hydrogens (tertiary/aromatic N) is 4. The number of fused-ring (bicyclic) bond motifs is 1. The van der Waals surface area contributed by atoms with Crippen LogP contribution in [-0.2, 0) is 4.79 Å². The van der Waals surface area contributed by atoms with E-state index >= 15 is 0 Å². The van der Waals surface area contributed by atoms with Crippen LogP contribution in [0, 0.1) is 18.7 Å². The number of ketones is 1. The van der Waals surface area contributed by atoms with Gasteiger partial charge in [0.15, 0.2) is 11.5 Å². The van der Waals surface area contributed by atoms with E-state index in [4.69, 9.17) is 0 Å². The molecule has 1 saturated heterocycles. The maximum absolute atomic E-state index is 13.6. The fourth-order valence-corrected chi connectivity index (χ4v) is 5.41. The predicted octanol–water partition coefficient (Wildman–Crippen LogP) is 4.17. The molecule has 0 unspecified atom stereocenters. The summed E-state index contributed by atoms with van der Waals surface area (Å²) < 4.78 is 14.3. The Hall–Kier alpha value is -4.25. The number of thiophene rings is 1. The Bertz CT molecular complexity index is 1540. The molecule has 2 amide bonds. The molecular weight excluding hydrogens is 519 g/mol. The number of likely N-dealkylation sites (tertiary alicyclic amines) is 1. The van der Waals surface area contributed by atoms with Gasteiger partial charge in [-0.05, 0) is 43.7 Å². The van der Waals surface area contributed by atoms with Gasteiger partial charge < -0.3 is 15.5 Å². The smallest absolute Gasteiger partial charge is 0.274 e. The van der Waals surface area contributed by atoms with Gasteiger partial charge in [-0.2, -0.15) is 0 Å². The molecule has 0 bridgehead atoms. The van der Waals surface area contributed by atoms with Crippen LogP contribution in [0.1, 0.15) is 50.7 Å². The molecule has 4 heterocycles. The number of aromatic nitrogens is 3. The zero-order chi connectivity index (χ0) is 27.5. The third-order valence-corrected chi connectivity index (χ3v) is 7.56. The van der Waals surface area contributed by atoms with Crippen molar-refractivity contribution in [3.63, 3.8) is 0 Å². The Kier molecular flexibility index (Phi) is 7.60. The van der Waals surface area contributed by atoms with Crippen LogP contribution in [0.4, 0.5) is 10.3 Å². The Morgan fingerprint density at radius 3 is 2.64 bits per heavy atom. The molecule has 39 heavy (non-hydrogen) atoms. The van der Waals surface area contributed by atoms with Gasteiger partial charge in [0.25, 0.3) is 11.8 Å². The number of nitrogens with one attached hydrogen (secondary N) is 2. The van der Waals surface area contributed by atoms with Crippen molar-refractivity contribution in [3.05, 3.63) is 82.4 Å². The number of aryl methyl sites for hydroxylation is 1. The standard InChI is InChI=1S/C28H27FN6O3S/c1-16-8-23-25(39-16)24(34-28(33-23)32-17(2)20-10-21(29)12-30-11-20)27(38)35-14-18(15-35)9-22(36)13-31-26(37)19-6-4-3-5-7-19/h3-8,10-12,17-18H,9,13-15H2,1-2H3,(H,31,37)(H,32,33,34)/t17-/m0/s1. The van der Waals surface area contributed by atoms with Crippen LogP contribution < -0.4 is 10.6 Å². The fourth-order valence-electron chi connectivity index (χ4n) is 4.48. The highest BCUT2D eigenvalue weighted by atomic mass is 32.1. The Balaban J connectivity index is 1.21. The zero-order valence-corrected chi connectivity index (χ0v) is 22.3. The van der Waals surface area contributed by atoms with E-state index in [1.807, 2.05) is 26.0 Å². The number of anilines is 1. The highest BCUT2D eigenvalue weighted by molar-refractivity contribution is 7.19. The normalized spacial score (nSPS) is 14.1. The van der Waals surface area contributed by atoms with Crippen LogP contribution in [0.2, 0.25) is 0 Å². The number of carbonyl (C=O) groups is 3. The van der Waals surface area contributed by atoms with Gasteiger partial charge in [0.1, 0.15) is 5.82 Å². The average Bonchev–Trinajstić information content (AvgIpc) is 3.28. The average molecular weight is 547 g/mol. The van der Waals surface area contributed by atoms with Crippen LogP contribution >= 0.6 is 11.3 Å². The third-order valence-electron chi connectivity index (χ3n) is 6.51. The van der Waals surface area contributed by atoms with Gasteiger partial charge >= 0.3 is 0 Å². The quantitative estimate of drug-likeness (QED) is 0.324. The minimum atomic E-state index is -0.439. The molecule has 0 aliphatic carbocycles. The lowest BCUT2D eigenvalue weighted by atomic mass is 9.93. The van der Waals surface area contributed by atoms with Gasteiger partial charge in [-0.1, -0.05) is 18.2 Å². The van der Waals surface area contributed by atoms with Crippen molar-refractivity contribution in [3.8, 4) is 0 Å². The molecule has 11 heteroatoms. The second-order valence-electron chi connectivity index (χ2n) is 9.64. The van der Waals surface area contributed by atoms with Gasteiger partial charge in [-0.3, -0.25) is 19.4 Å². The summed E-state index contributed by atoms with van der Waals surface area (Å²) in [5.74, 6) is -0.750. The number of rotatable bonds is 9. The minimum Gasteiger partial charge on any atom is -0.348 e. The molecule has 9 nitrogen and oxygen atoms in total. The molecule has 2 N–H and O–H groups in total. The van der Waals surface area contributed by atoms with E-state index in [0.717, 1.165) is 11.1 Å². The SMILES string of the molecule is Cc1cc2nc(N[C@@H](C)c3cncc(F)c3)nc(C(=O)N3CC(CC(=O)CNC(=O)c4ccccc4)C3)c2s1. The lowest BCUT2D eigenvalue weighted by Crippen LogP contribution is -2.51. The summed E-state index contributed by atoms with van der Waals surface area (Å²) in [6.07, 6.45) is 2.98. The van der Waals surface area contributed by atoms with E-state index in [1.54, 1.807) is 35.4 Å². The lowest BCUT2D eigenvalue weighted by molar-refractivity contribution is -0.120. The van der Waals surface area contributed by atoms with E-state index in [9.17, 15) is 18.8 Å². The van der Waals surface area contributed by atoms with Crippen molar-refractivity contribution in [2.24, 2.45) is 5.92 Å². The van der Waals surface area contributed by atoms with Crippen LogP contribution in [0.15, 0.2) is 54.9 Å². The van der Waals surface area contributed by atoms with Gasteiger partial charge in [-0.25, -0.2) is 14.4 Å². The second-order valence-corrected chi connectivity index (χ2v) is 10.9. The van der Waals surface area contributed by atoms with Crippen molar-refractivity contribution in [1.29, 1.82) is 0 Å². The lowest BCUT2D eigenvalue weighted by Gasteiger charge is -2.38. The van der Waals surface area contributed by atoms with Crippen LogP contribution in [-0.4, -0.2) is 57.1 Å². The highest BCUT2D eigenvalue weighted by Gasteiger charge is 2.34. The molecule has 1 atom stereocenters. The van der Waals surface area contributed by atoms with Crippen molar-refractivity contribution < 1.29 is 18.8 Å². The summed E-state index contributed by atoms with van der Waals surface area (Å²) in [6.45, 7) is 4.59. The Morgan fingerprint density at radius 2 is 1.90 bits per heavy atom. The molecule has 1 aliphatic rings. The van der Waals surface area contributed by atoms with Gasteiger partial charge in [-0.15, -0.1) is 11.3 Å². The summed E-state index contributed by atoms with van der Waals surface area (Å²) in [5.41, 5.74) is 2.08. The topological polar surface area (TPSA) is 117 Å². The number of pyridine rings is 1. The third kappa shape index (κ3) is 6.09. The van der Waals surface area contributed by atoms with Crippen molar-refractivity contribution in [2.45, 2.75) is 26.3 Å². The highest BCUT2D eigenvalue weighted by Crippen LogP contribution is 2.31. The molecule has 4 aromatic rings. The maximum atomic E-state index is 13.6.